The van der Waals surface area contributed by atoms with Gasteiger partial charge in [-0.1, -0.05) is 13.3 Å². The summed E-state index contributed by atoms with van der Waals surface area (Å²) in [6.45, 7) is 16.7. The zero-order valence-corrected chi connectivity index (χ0v) is 19.0. The number of piperidine rings is 1. The first-order valence-electron chi connectivity index (χ1n) is 9.43. The number of nitrogens with zero attached hydrogens (tertiary/aromatic N) is 3. The van der Waals surface area contributed by atoms with Crippen molar-refractivity contribution in [3.05, 3.63) is 0 Å². The Labute approximate surface area is 167 Å². The molecule has 1 heterocycles. The van der Waals surface area contributed by atoms with Gasteiger partial charge in [0, 0.05) is 44.8 Å². The number of hydrogen-bond donors (Lipinski definition) is 2. The summed E-state index contributed by atoms with van der Waals surface area (Å²) in [5, 5.41) is 6.98. The van der Waals surface area contributed by atoms with Crippen LogP contribution in [0.3, 0.4) is 0 Å². The van der Waals surface area contributed by atoms with Gasteiger partial charge in [0.05, 0.1) is 0 Å². The molecule has 0 aromatic rings. The summed E-state index contributed by atoms with van der Waals surface area (Å²) in [4.78, 5) is 9.45. The molecule has 0 amide bonds. The highest BCUT2D eigenvalue weighted by atomic mass is 127. The second kappa shape index (κ2) is 13.2. The molecule has 0 aliphatic carbocycles. The summed E-state index contributed by atoms with van der Waals surface area (Å²) in [6.07, 6.45) is 4.00. The van der Waals surface area contributed by atoms with Crippen molar-refractivity contribution in [2.45, 2.75) is 72.0 Å². The number of aliphatic imine (C=N–C) groups is 1. The van der Waals surface area contributed by atoms with Crippen molar-refractivity contribution in [3.8, 4) is 0 Å². The van der Waals surface area contributed by atoms with Crippen LogP contribution in [-0.4, -0.2) is 73.7 Å². The van der Waals surface area contributed by atoms with Crippen LogP contribution in [0, 0.1) is 0 Å². The minimum atomic E-state index is 0. The zero-order valence-electron chi connectivity index (χ0n) is 16.6. The molecule has 1 aliphatic rings. The third kappa shape index (κ3) is 8.34. The van der Waals surface area contributed by atoms with E-state index in [0.717, 1.165) is 32.1 Å². The smallest absolute Gasteiger partial charge is 0.191 e. The van der Waals surface area contributed by atoms with Crippen molar-refractivity contribution >= 4 is 29.9 Å². The maximum absolute atomic E-state index is 4.37. The number of guanidine groups is 1. The van der Waals surface area contributed by atoms with Crippen LogP contribution >= 0.6 is 24.0 Å². The van der Waals surface area contributed by atoms with E-state index < -0.39 is 0 Å². The zero-order chi connectivity index (χ0) is 17.2. The van der Waals surface area contributed by atoms with E-state index in [-0.39, 0.29) is 24.0 Å². The second-order valence-corrected chi connectivity index (χ2v) is 7.08. The SMILES string of the molecule is CCN1CCCCC1CNC(=NC)NCCN(C(C)C)C(C)C.I. The molecule has 0 saturated carbocycles. The molecule has 2 N–H and O–H groups in total. The van der Waals surface area contributed by atoms with E-state index >= 15 is 0 Å². The normalized spacial score (nSPS) is 19.7. The highest BCUT2D eigenvalue weighted by Crippen LogP contribution is 2.15. The summed E-state index contributed by atoms with van der Waals surface area (Å²) in [6, 6.07) is 1.80. The van der Waals surface area contributed by atoms with E-state index in [0.29, 0.717) is 18.1 Å². The van der Waals surface area contributed by atoms with Crippen LogP contribution in [0.2, 0.25) is 0 Å². The molecule has 0 radical (unpaired) electrons. The third-order valence-corrected chi connectivity index (χ3v) is 4.87. The summed E-state index contributed by atoms with van der Waals surface area (Å²) >= 11 is 0. The minimum absolute atomic E-state index is 0. The van der Waals surface area contributed by atoms with Gasteiger partial charge < -0.3 is 10.6 Å². The standard InChI is InChI=1S/C18H39N5.HI/c1-7-22-12-9-8-10-17(22)14-21-18(19-6)20-11-13-23(15(2)3)16(4)5;/h15-17H,7-14H2,1-6H3,(H2,19,20,21);1H. The van der Waals surface area contributed by atoms with Crippen LogP contribution < -0.4 is 10.6 Å². The molecule has 1 unspecified atom stereocenters. The number of nitrogens with one attached hydrogen (secondary N) is 2. The van der Waals surface area contributed by atoms with Crippen molar-refractivity contribution in [2.24, 2.45) is 4.99 Å². The topological polar surface area (TPSA) is 42.9 Å². The van der Waals surface area contributed by atoms with Crippen LogP contribution in [0.1, 0.15) is 53.9 Å². The first-order chi connectivity index (χ1) is 11.0. The van der Waals surface area contributed by atoms with E-state index in [1.54, 1.807) is 0 Å². The number of rotatable bonds is 8. The van der Waals surface area contributed by atoms with Gasteiger partial charge in [-0.05, 0) is 53.6 Å². The predicted octanol–water partition coefficient (Wildman–Crippen LogP) is 2.76. The van der Waals surface area contributed by atoms with Gasteiger partial charge in [0.15, 0.2) is 5.96 Å². The monoisotopic (exact) mass is 453 g/mol. The van der Waals surface area contributed by atoms with Gasteiger partial charge in [-0.3, -0.25) is 14.8 Å². The van der Waals surface area contributed by atoms with Gasteiger partial charge >= 0.3 is 0 Å². The lowest BCUT2D eigenvalue weighted by molar-refractivity contribution is 0.157. The van der Waals surface area contributed by atoms with Gasteiger partial charge in [0.2, 0.25) is 0 Å². The van der Waals surface area contributed by atoms with Crippen LogP contribution in [0.25, 0.3) is 0 Å². The van der Waals surface area contributed by atoms with Gasteiger partial charge in [0.1, 0.15) is 0 Å². The fourth-order valence-electron chi connectivity index (χ4n) is 3.56. The molecular formula is C18H40IN5. The highest BCUT2D eigenvalue weighted by Gasteiger charge is 2.20. The fraction of sp³-hybridized carbons (Fsp3) is 0.944. The molecule has 1 aliphatic heterocycles. The van der Waals surface area contributed by atoms with Crippen LogP contribution in [0.4, 0.5) is 0 Å². The Morgan fingerprint density at radius 1 is 1.17 bits per heavy atom. The van der Waals surface area contributed by atoms with Crippen LogP contribution in [0.15, 0.2) is 4.99 Å². The minimum Gasteiger partial charge on any atom is -0.355 e. The van der Waals surface area contributed by atoms with E-state index in [1.165, 1.54) is 25.8 Å². The number of likely N-dealkylation sites (tertiary alicyclic amines) is 1. The van der Waals surface area contributed by atoms with Crippen molar-refractivity contribution in [2.75, 3.05) is 39.8 Å². The molecule has 1 atom stereocenters. The van der Waals surface area contributed by atoms with E-state index in [4.69, 9.17) is 0 Å². The summed E-state index contributed by atoms with van der Waals surface area (Å²) in [5.41, 5.74) is 0. The molecule has 0 aromatic heterocycles. The number of halogens is 1. The van der Waals surface area contributed by atoms with Crippen molar-refractivity contribution in [3.63, 3.8) is 0 Å². The van der Waals surface area contributed by atoms with E-state index in [2.05, 4.69) is 60.0 Å². The van der Waals surface area contributed by atoms with E-state index in [1.807, 2.05) is 7.05 Å². The quantitative estimate of drug-likeness (QED) is 0.337. The Morgan fingerprint density at radius 3 is 2.38 bits per heavy atom. The molecule has 1 fully saturated rings. The Hall–Kier alpha value is -0.0800. The van der Waals surface area contributed by atoms with Crippen molar-refractivity contribution in [1.29, 1.82) is 0 Å². The van der Waals surface area contributed by atoms with Gasteiger partial charge in [-0.15, -0.1) is 24.0 Å². The summed E-state index contributed by atoms with van der Waals surface area (Å²) < 4.78 is 0. The largest absolute Gasteiger partial charge is 0.355 e. The Morgan fingerprint density at radius 2 is 1.83 bits per heavy atom. The van der Waals surface area contributed by atoms with Gasteiger partial charge in [-0.25, -0.2) is 0 Å². The lowest BCUT2D eigenvalue weighted by Gasteiger charge is -2.35. The molecular weight excluding hydrogens is 413 g/mol. The summed E-state index contributed by atoms with van der Waals surface area (Å²) in [7, 11) is 1.86. The molecule has 0 spiro atoms. The molecule has 0 aromatic carbocycles. The Balaban J connectivity index is 0.00000529. The average molecular weight is 453 g/mol. The molecule has 1 saturated heterocycles. The summed E-state index contributed by atoms with van der Waals surface area (Å²) in [5.74, 6) is 0.930. The lowest BCUT2D eigenvalue weighted by atomic mass is 10.0. The Kier molecular flexibility index (Phi) is 13.1. The highest BCUT2D eigenvalue weighted by molar-refractivity contribution is 14.0. The third-order valence-electron chi connectivity index (χ3n) is 4.87. The molecule has 144 valence electrons. The molecule has 0 bridgehead atoms. The number of likely N-dealkylation sites (N-methyl/N-ethyl adjacent to an activating group) is 1. The molecule has 24 heavy (non-hydrogen) atoms. The molecule has 1 rings (SSSR count). The van der Waals surface area contributed by atoms with Gasteiger partial charge in [0.25, 0.3) is 0 Å². The maximum Gasteiger partial charge on any atom is 0.191 e. The maximum atomic E-state index is 4.37. The van der Waals surface area contributed by atoms with Crippen molar-refractivity contribution < 1.29 is 0 Å². The fourth-order valence-corrected chi connectivity index (χ4v) is 3.56. The second-order valence-electron chi connectivity index (χ2n) is 7.08. The van der Waals surface area contributed by atoms with Gasteiger partial charge in [-0.2, -0.15) is 0 Å². The molecule has 6 heteroatoms. The Bertz CT molecular complexity index is 338. The number of hydrogen-bond acceptors (Lipinski definition) is 3. The predicted molar refractivity (Wildman–Crippen MR) is 117 cm³/mol. The van der Waals surface area contributed by atoms with E-state index in [9.17, 15) is 0 Å². The first kappa shape index (κ1) is 23.9. The van der Waals surface area contributed by atoms with Crippen LogP contribution in [0.5, 0.6) is 0 Å². The van der Waals surface area contributed by atoms with Crippen LogP contribution in [-0.2, 0) is 0 Å². The lowest BCUT2D eigenvalue weighted by Crippen LogP contribution is -2.50. The first-order valence-corrected chi connectivity index (χ1v) is 9.43. The van der Waals surface area contributed by atoms with Crippen molar-refractivity contribution in [1.82, 2.24) is 20.4 Å². The molecule has 5 nitrogen and oxygen atoms in total. The average Bonchev–Trinajstić information content (AvgIpc) is 2.53.